The fraction of sp³-hybridized carbons (Fsp3) is 0.375. The summed E-state index contributed by atoms with van der Waals surface area (Å²) in [7, 11) is 0. The van der Waals surface area contributed by atoms with Crippen LogP contribution in [0.2, 0.25) is 5.02 Å². The highest BCUT2D eigenvalue weighted by Gasteiger charge is 2.06. The van der Waals surface area contributed by atoms with E-state index in [2.05, 4.69) is 29.1 Å². The first kappa shape index (κ1) is 14.8. The highest BCUT2D eigenvalue weighted by Crippen LogP contribution is 2.23. The molecule has 0 aliphatic rings. The van der Waals surface area contributed by atoms with Gasteiger partial charge in [0.25, 0.3) is 0 Å². The Morgan fingerprint density at radius 2 is 1.95 bits per heavy atom. The number of rotatable bonds is 6. The van der Waals surface area contributed by atoms with Gasteiger partial charge in [-0.3, -0.25) is 0 Å². The Kier molecular flexibility index (Phi) is 5.36. The standard InChI is InChI=1S/C16H20ClN3/c1-3-6-15-19-14(11-16(20-15)18-9-4-2)12-7-5-8-13(17)10-12/h5,7-8,10-11H,3-4,6,9H2,1-2H3,(H,18,19,20). The molecule has 0 fully saturated rings. The minimum Gasteiger partial charge on any atom is -0.370 e. The molecular weight excluding hydrogens is 270 g/mol. The summed E-state index contributed by atoms with van der Waals surface area (Å²) in [6, 6.07) is 9.76. The van der Waals surface area contributed by atoms with Gasteiger partial charge < -0.3 is 5.32 Å². The Bertz CT molecular complexity index is 569. The van der Waals surface area contributed by atoms with Gasteiger partial charge in [0.2, 0.25) is 0 Å². The quantitative estimate of drug-likeness (QED) is 0.846. The minimum absolute atomic E-state index is 0.723. The van der Waals surface area contributed by atoms with Gasteiger partial charge in [0.15, 0.2) is 0 Å². The van der Waals surface area contributed by atoms with Crippen LogP contribution in [0.3, 0.4) is 0 Å². The molecule has 0 atom stereocenters. The maximum atomic E-state index is 6.06. The summed E-state index contributed by atoms with van der Waals surface area (Å²) >= 11 is 6.06. The molecule has 1 aromatic heterocycles. The van der Waals surface area contributed by atoms with Crippen molar-refractivity contribution in [2.45, 2.75) is 33.1 Å². The van der Waals surface area contributed by atoms with Crippen LogP contribution in [-0.4, -0.2) is 16.5 Å². The number of hydrogen-bond donors (Lipinski definition) is 1. The first-order chi connectivity index (χ1) is 9.72. The molecule has 0 saturated carbocycles. The molecule has 0 spiro atoms. The summed E-state index contributed by atoms with van der Waals surface area (Å²) in [6.45, 7) is 5.19. The van der Waals surface area contributed by atoms with Crippen LogP contribution in [0, 0.1) is 0 Å². The zero-order valence-corrected chi connectivity index (χ0v) is 12.7. The van der Waals surface area contributed by atoms with Crippen molar-refractivity contribution in [3.05, 3.63) is 41.2 Å². The molecule has 20 heavy (non-hydrogen) atoms. The Labute approximate surface area is 125 Å². The lowest BCUT2D eigenvalue weighted by Gasteiger charge is -2.09. The Morgan fingerprint density at radius 1 is 1.10 bits per heavy atom. The molecule has 2 aromatic rings. The zero-order chi connectivity index (χ0) is 14.4. The molecule has 0 aliphatic heterocycles. The second-order valence-corrected chi connectivity index (χ2v) is 5.18. The highest BCUT2D eigenvalue weighted by molar-refractivity contribution is 6.30. The maximum absolute atomic E-state index is 6.06. The van der Waals surface area contributed by atoms with Gasteiger partial charge in [0.1, 0.15) is 11.6 Å². The Hall–Kier alpha value is -1.61. The van der Waals surface area contributed by atoms with Crippen molar-refractivity contribution in [1.82, 2.24) is 9.97 Å². The van der Waals surface area contributed by atoms with E-state index in [0.717, 1.165) is 53.7 Å². The molecule has 3 nitrogen and oxygen atoms in total. The van der Waals surface area contributed by atoms with E-state index in [-0.39, 0.29) is 0 Å². The summed E-state index contributed by atoms with van der Waals surface area (Å²) in [5, 5.41) is 4.06. The van der Waals surface area contributed by atoms with Crippen molar-refractivity contribution < 1.29 is 0 Å². The van der Waals surface area contributed by atoms with Gasteiger partial charge in [0, 0.05) is 29.6 Å². The molecule has 1 N–H and O–H groups in total. The SMILES string of the molecule is CCCNc1cc(-c2cccc(Cl)c2)nc(CCC)n1. The van der Waals surface area contributed by atoms with Crippen LogP contribution in [-0.2, 0) is 6.42 Å². The lowest BCUT2D eigenvalue weighted by atomic mass is 10.1. The lowest BCUT2D eigenvalue weighted by Crippen LogP contribution is -2.06. The predicted molar refractivity (Wildman–Crippen MR) is 85.3 cm³/mol. The zero-order valence-electron chi connectivity index (χ0n) is 12.0. The van der Waals surface area contributed by atoms with E-state index in [1.807, 2.05) is 30.3 Å². The second-order valence-electron chi connectivity index (χ2n) is 4.74. The molecule has 0 saturated heterocycles. The first-order valence-corrected chi connectivity index (χ1v) is 7.48. The highest BCUT2D eigenvalue weighted by atomic mass is 35.5. The van der Waals surface area contributed by atoms with Gasteiger partial charge in [0.05, 0.1) is 5.69 Å². The monoisotopic (exact) mass is 289 g/mol. The topological polar surface area (TPSA) is 37.8 Å². The van der Waals surface area contributed by atoms with Crippen LogP contribution in [0.25, 0.3) is 11.3 Å². The van der Waals surface area contributed by atoms with Gasteiger partial charge in [-0.15, -0.1) is 0 Å². The molecule has 0 unspecified atom stereocenters. The molecular formula is C16H20ClN3. The van der Waals surface area contributed by atoms with Crippen LogP contribution in [0.1, 0.15) is 32.5 Å². The second kappa shape index (κ2) is 7.25. The smallest absolute Gasteiger partial charge is 0.131 e. The molecule has 0 radical (unpaired) electrons. The number of anilines is 1. The number of nitrogens with zero attached hydrogens (tertiary/aromatic N) is 2. The van der Waals surface area contributed by atoms with Crippen LogP contribution >= 0.6 is 11.6 Å². The lowest BCUT2D eigenvalue weighted by molar-refractivity contribution is 0.834. The largest absolute Gasteiger partial charge is 0.370 e. The maximum Gasteiger partial charge on any atom is 0.131 e. The van der Waals surface area contributed by atoms with E-state index in [0.29, 0.717) is 0 Å². The van der Waals surface area contributed by atoms with Gasteiger partial charge in [-0.1, -0.05) is 37.6 Å². The van der Waals surface area contributed by atoms with Crippen LogP contribution in [0.5, 0.6) is 0 Å². The molecule has 1 aromatic carbocycles. The van der Waals surface area contributed by atoms with E-state index in [4.69, 9.17) is 11.6 Å². The van der Waals surface area contributed by atoms with E-state index in [1.165, 1.54) is 0 Å². The van der Waals surface area contributed by atoms with Crippen molar-refractivity contribution in [3.63, 3.8) is 0 Å². The Morgan fingerprint density at radius 3 is 2.65 bits per heavy atom. The van der Waals surface area contributed by atoms with E-state index < -0.39 is 0 Å². The van der Waals surface area contributed by atoms with Crippen LogP contribution < -0.4 is 5.32 Å². The molecule has 1 heterocycles. The van der Waals surface area contributed by atoms with Crippen molar-refractivity contribution >= 4 is 17.4 Å². The van der Waals surface area contributed by atoms with Gasteiger partial charge in [-0.05, 0) is 25.0 Å². The predicted octanol–water partition coefficient (Wildman–Crippen LogP) is 4.57. The van der Waals surface area contributed by atoms with Crippen LogP contribution in [0.4, 0.5) is 5.82 Å². The number of benzene rings is 1. The van der Waals surface area contributed by atoms with E-state index in [9.17, 15) is 0 Å². The summed E-state index contributed by atoms with van der Waals surface area (Å²) in [4.78, 5) is 9.19. The minimum atomic E-state index is 0.723. The third-order valence-corrected chi connectivity index (χ3v) is 3.16. The normalized spacial score (nSPS) is 10.6. The average molecular weight is 290 g/mol. The van der Waals surface area contributed by atoms with Crippen molar-refractivity contribution in [1.29, 1.82) is 0 Å². The average Bonchev–Trinajstić information content (AvgIpc) is 2.45. The van der Waals surface area contributed by atoms with Crippen molar-refractivity contribution in [3.8, 4) is 11.3 Å². The number of halogens is 1. The van der Waals surface area contributed by atoms with E-state index >= 15 is 0 Å². The molecule has 0 aliphatic carbocycles. The third-order valence-electron chi connectivity index (χ3n) is 2.92. The summed E-state index contributed by atoms with van der Waals surface area (Å²) in [5.74, 6) is 1.77. The molecule has 4 heteroatoms. The summed E-state index contributed by atoms with van der Waals surface area (Å²) < 4.78 is 0. The van der Waals surface area contributed by atoms with Crippen molar-refractivity contribution in [2.75, 3.05) is 11.9 Å². The van der Waals surface area contributed by atoms with Gasteiger partial charge >= 0.3 is 0 Å². The fourth-order valence-electron chi connectivity index (χ4n) is 1.97. The third kappa shape index (κ3) is 3.94. The Balaban J connectivity index is 2.37. The number of aryl methyl sites for hydroxylation is 1. The van der Waals surface area contributed by atoms with Gasteiger partial charge in [-0.2, -0.15) is 0 Å². The molecule has 0 bridgehead atoms. The summed E-state index contributed by atoms with van der Waals surface area (Å²) in [5.41, 5.74) is 1.95. The fourth-order valence-corrected chi connectivity index (χ4v) is 2.16. The van der Waals surface area contributed by atoms with Crippen LogP contribution in [0.15, 0.2) is 30.3 Å². The summed E-state index contributed by atoms with van der Waals surface area (Å²) in [6.07, 6.45) is 2.99. The number of aromatic nitrogens is 2. The molecule has 0 amide bonds. The number of nitrogens with one attached hydrogen (secondary N) is 1. The molecule has 2 rings (SSSR count). The van der Waals surface area contributed by atoms with E-state index in [1.54, 1.807) is 0 Å². The van der Waals surface area contributed by atoms with Crippen molar-refractivity contribution in [2.24, 2.45) is 0 Å². The first-order valence-electron chi connectivity index (χ1n) is 7.10. The number of hydrogen-bond acceptors (Lipinski definition) is 3. The molecule has 106 valence electrons. The van der Waals surface area contributed by atoms with Gasteiger partial charge in [-0.25, -0.2) is 9.97 Å².